The lowest BCUT2D eigenvalue weighted by Gasteiger charge is -2.29. The SMILES string of the molecule is CC(C)C(=O)Nc1ccc(N2C(=S)N[C@@H](c3ccccn3)[C@H]2c2cccn2-c2ccc(C(=O)O)cc2)cc1Cl. The number of amides is 1. The molecule has 0 unspecified atom stereocenters. The Hall–Kier alpha value is -4.21. The highest BCUT2D eigenvalue weighted by atomic mass is 35.5. The van der Waals surface area contributed by atoms with Crippen molar-refractivity contribution < 1.29 is 14.7 Å². The molecule has 0 saturated carbocycles. The molecule has 1 aliphatic heterocycles. The Morgan fingerprint density at radius 2 is 1.79 bits per heavy atom. The average molecular weight is 560 g/mol. The summed E-state index contributed by atoms with van der Waals surface area (Å²) in [5.41, 5.74) is 4.02. The monoisotopic (exact) mass is 559 g/mol. The standard InChI is InChI=1S/C29H26ClN5O3S/c1-17(2)27(36)32-22-13-12-20(16-21(22)30)35-26(25(33-29(35)39)23-6-3-4-14-31-23)24-7-5-15-34(24)19-10-8-18(9-11-19)28(37)38/h3-17,25-26H,1-2H3,(H,32,36)(H,33,39)(H,37,38)/t25-,26+/m0/s1. The fourth-order valence-corrected chi connectivity index (χ4v) is 5.17. The molecule has 0 radical (unpaired) electrons. The first-order valence-electron chi connectivity index (χ1n) is 12.4. The van der Waals surface area contributed by atoms with Crippen molar-refractivity contribution >= 4 is 52.2 Å². The molecule has 1 saturated heterocycles. The highest BCUT2D eigenvalue weighted by Gasteiger charge is 2.42. The number of carboxylic acid groups (broad SMARTS) is 1. The number of carbonyl (C=O) groups excluding carboxylic acids is 1. The first-order chi connectivity index (χ1) is 18.7. The second kappa shape index (κ2) is 10.9. The molecule has 0 spiro atoms. The minimum absolute atomic E-state index is 0.122. The maximum atomic E-state index is 12.2. The van der Waals surface area contributed by atoms with Crippen molar-refractivity contribution in [1.82, 2.24) is 14.9 Å². The first-order valence-corrected chi connectivity index (χ1v) is 13.1. The summed E-state index contributed by atoms with van der Waals surface area (Å²) in [4.78, 5) is 30.2. The highest BCUT2D eigenvalue weighted by Crippen LogP contribution is 2.43. The number of aromatic nitrogens is 2. The van der Waals surface area contributed by atoms with Crippen LogP contribution < -0.4 is 15.5 Å². The molecule has 2 aromatic carbocycles. The lowest BCUT2D eigenvalue weighted by Crippen LogP contribution is -2.30. The molecule has 0 aliphatic carbocycles. The fraction of sp³-hybridized carbons (Fsp3) is 0.172. The van der Waals surface area contributed by atoms with Crippen molar-refractivity contribution in [2.45, 2.75) is 25.9 Å². The van der Waals surface area contributed by atoms with Crippen molar-refractivity contribution in [2.75, 3.05) is 10.2 Å². The smallest absolute Gasteiger partial charge is 0.335 e. The number of nitrogens with zero attached hydrogens (tertiary/aromatic N) is 3. The van der Waals surface area contributed by atoms with E-state index >= 15 is 0 Å². The number of thiocarbonyl (C=S) groups is 1. The van der Waals surface area contributed by atoms with Gasteiger partial charge in [0.05, 0.1) is 28.0 Å². The molecule has 0 bridgehead atoms. The van der Waals surface area contributed by atoms with Gasteiger partial charge in [0.2, 0.25) is 5.91 Å². The maximum Gasteiger partial charge on any atom is 0.335 e. The van der Waals surface area contributed by atoms with Crippen LogP contribution in [-0.2, 0) is 4.79 Å². The molecule has 5 rings (SSSR count). The van der Waals surface area contributed by atoms with Crippen molar-refractivity contribution in [3.63, 3.8) is 0 Å². The molecule has 3 heterocycles. The Bertz CT molecular complexity index is 1540. The Morgan fingerprint density at radius 3 is 2.44 bits per heavy atom. The van der Waals surface area contributed by atoms with E-state index in [0.717, 1.165) is 22.8 Å². The number of anilines is 2. The van der Waals surface area contributed by atoms with Crippen LogP contribution in [0.3, 0.4) is 0 Å². The zero-order chi connectivity index (χ0) is 27.7. The first kappa shape index (κ1) is 26.4. The molecule has 1 fully saturated rings. The molecule has 198 valence electrons. The highest BCUT2D eigenvalue weighted by molar-refractivity contribution is 7.80. The van der Waals surface area contributed by atoms with Gasteiger partial charge in [-0.1, -0.05) is 31.5 Å². The molecule has 10 heteroatoms. The summed E-state index contributed by atoms with van der Waals surface area (Å²) < 4.78 is 2.01. The minimum Gasteiger partial charge on any atom is -0.478 e. The molecular weight excluding hydrogens is 534 g/mol. The van der Waals surface area contributed by atoms with E-state index in [-0.39, 0.29) is 29.5 Å². The van der Waals surface area contributed by atoms with Crippen LogP contribution in [0.15, 0.2) is 85.2 Å². The second-order valence-corrected chi connectivity index (χ2v) is 10.3. The summed E-state index contributed by atoms with van der Waals surface area (Å²) >= 11 is 12.5. The zero-order valence-electron chi connectivity index (χ0n) is 21.2. The topological polar surface area (TPSA) is 99.5 Å². The van der Waals surface area contributed by atoms with E-state index < -0.39 is 5.97 Å². The van der Waals surface area contributed by atoms with E-state index in [4.69, 9.17) is 23.8 Å². The van der Waals surface area contributed by atoms with Crippen LogP contribution in [0.4, 0.5) is 11.4 Å². The predicted octanol–water partition coefficient (Wildman–Crippen LogP) is 6.00. The normalized spacial score (nSPS) is 16.8. The van der Waals surface area contributed by atoms with E-state index in [0.29, 0.717) is 15.8 Å². The zero-order valence-corrected chi connectivity index (χ0v) is 22.8. The number of halogens is 1. The van der Waals surface area contributed by atoms with E-state index in [2.05, 4.69) is 15.6 Å². The second-order valence-electron chi connectivity index (χ2n) is 9.46. The predicted molar refractivity (Wildman–Crippen MR) is 156 cm³/mol. The van der Waals surface area contributed by atoms with Gasteiger partial charge >= 0.3 is 5.97 Å². The molecular formula is C29H26ClN5O3S. The van der Waals surface area contributed by atoms with Crippen LogP contribution in [-0.4, -0.2) is 31.6 Å². The Balaban J connectivity index is 1.59. The third-order valence-electron chi connectivity index (χ3n) is 6.59. The summed E-state index contributed by atoms with van der Waals surface area (Å²) in [7, 11) is 0. The quantitative estimate of drug-likeness (QED) is 0.239. The molecule has 2 aromatic heterocycles. The molecule has 2 atom stereocenters. The summed E-state index contributed by atoms with van der Waals surface area (Å²) in [6.07, 6.45) is 3.67. The summed E-state index contributed by atoms with van der Waals surface area (Å²) in [6.45, 7) is 3.64. The van der Waals surface area contributed by atoms with Gasteiger partial charge < -0.3 is 25.2 Å². The number of carbonyl (C=O) groups is 2. The van der Waals surface area contributed by atoms with Gasteiger partial charge in [0.15, 0.2) is 5.11 Å². The van der Waals surface area contributed by atoms with Crippen LogP contribution in [0, 0.1) is 5.92 Å². The van der Waals surface area contributed by atoms with Gasteiger partial charge in [-0.15, -0.1) is 0 Å². The third kappa shape index (κ3) is 5.23. The number of nitrogens with one attached hydrogen (secondary N) is 2. The molecule has 4 aromatic rings. The number of carboxylic acids is 1. The van der Waals surface area contributed by atoms with Crippen molar-refractivity contribution in [2.24, 2.45) is 5.92 Å². The lowest BCUT2D eigenvalue weighted by molar-refractivity contribution is -0.118. The van der Waals surface area contributed by atoms with Crippen LogP contribution in [0.5, 0.6) is 0 Å². The summed E-state index contributed by atoms with van der Waals surface area (Å²) in [6, 6.07) is 21.2. The van der Waals surface area contributed by atoms with Gasteiger partial charge in [-0.05, 0) is 78.9 Å². The number of benzene rings is 2. The maximum absolute atomic E-state index is 12.2. The fourth-order valence-electron chi connectivity index (χ4n) is 4.60. The van der Waals surface area contributed by atoms with Crippen molar-refractivity contribution in [1.29, 1.82) is 0 Å². The van der Waals surface area contributed by atoms with Crippen LogP contribution in [0.2, 0.25) is 5.02 Å². The molecule has 1 aliphatic rings. The third-order valence-corrected chi connectivity index (χ3v) is 7.21. The van der Waals surface area contributed by atoms with Crippen LogP contribution in [0.1, 0.15) is 47.7 Å². The number of rotatable bonds is 7. The summed E-state index contributed by atoms with van der Waals surface area (Å²) in [5, 5.41) is 16.5. The summed E-state index contributed by atoms with van der Waals surface area (Å²) in [5.74, 6) is -1.29. The molecule has 1 amide bonds. The Kier molecular flexibility index (Phi) is 7.36. The van der Waals surface area contributed by atoms with Gasteiger partial charge in [0.25, 0.3) is 0 Å². The van der Waals surface area contributed by atoms with E-state index in [1.807, 2.05) is 65.9 Å². The van der Waals surface area contributed by atoms with Gasteiger partial charge in [-0.3, -0.25) is 9.78 Å². The Labute approximate surface area is 236 Å². The van der Waals surface area contributed by atoms with Gasteiger partial charge in [-0.2, -0.15) is 0 Å². The number of pyridine rings is 1. The Morgan fingerprint density at radius 1 is 1.05 bits per heavy atom. The van der Waals surface area contributed by atoms with E-state index in [1.54, 1.807) is 42.6 Å². The molecule has 39 heavy (non-hydrogen) atoms. The largest absolute Gasteiger partial charge is 0.478 e. The van der Waals surface area contributed by atoms with Crippen molar-refractivity contribution in [3.8, 4) is 5.69 Å². The average Bonchev–Trinajstić information content (AvgIpc) is 3.54. The van der Waals surface area contributed by atoms with Gasteiger partial charge in [0, 0.05) is 35.4 Å². The van der Waals surface area contributed by atoms with Crippen LogP contribution in [0.25, 0.3) is 5.69 Å². The minimum atomic E-state index is -0.981. The molecule has 3 N–H and O–H groups in total. The van der Waals surface area contributed by atoms with Crippen molar-refractivity contribution in [3.05, 3.63) is 107 Å². The van der Waals surface area contributed by atoms with Gasteiger partial charge in [0.1, 0.15) is 6.04 Å². The number of hydrogen-bond acceptors (Lipinski definition) is 4. The van der Waals surface area contributed by atoms with Gasteiger partial charge in [-0.25, -0.2) is 4.79 Å². The van der Waals surface area contributed by atoms with Crippen LogP contribution >= 0.6 is 23.8 Å². The number of aromatic carboxylic acids is 1. The lowest BCUT2D eigenvalue weighted by atomic mass is 10.0. The van der Waals surface area contributed by atoms with E-state index in [1.165, 1.54) is 0 Å². The molecule has 8 nitrogen and oxygen atoms in total. The number of hydrogen-bond donors (Lipinski definition) is 3. The van der Waals surface area contributed by atoms with E-state index in [9.17, 15) is 14.7 Å².